The molecule has 0 bridgehead atoms. The molecule has 7 heteroatoms. The number of benzene rings is 2. The van der Waals surface area contributed by atoms with Crippen molar-refractivity contribution >= 4 is 23.2 Å². The molecule has 4 nitrogen and oxygen atoms in total. The highest BCUT2D eigenvalue weighted by Crippen LogP contribution is 2.34. The minimum atomic E-state index is -4.56. The smallest absolute Gasteiger partial charge is 0.325 e. The number of para-hydroxylation sites is 2. The van der Waals surface area contributed by atoms with Crippen LogP contribution in [0.5, 0.6) is 0 Å². The summed E-state index contributed by atoms with van der Waals surface area (Å²) in [6.45, 7) is 5.33. The maximum absolute atomic E-state index is 13.1. The molecule has 0 aliphatic rings. The monoisotopic (exact) mass is 392 g/mol. The van der Waals surface area contributed by atoms with Crippen LogP contribution in [0.2, 0.25) is 0 Å². The Morgan fingerprint density at radius 1 is 1.07 bits per heavy atom. The lowest BCUT2D eigenvalue weighted by molar-refractivity contribution is -0.137. The van der Waals surface area contributed by atoms with Gasteiger partial charge in [-0.05, 0) is 36.6 Å². The van der Waals surface area contributed by atoms with Gasteiger partial charge in [0.25, 0.3) is 0 Å². The van der Waals surface area contributed by atoms with Crippen molar-refractivity contribution in [3.63, 3.8) is 0 Å². The lowest BCUT2D eigenvalue weighted by Crippen LogP contribution is -2.33. The average Bonchev–Trinajstić information content (AvgIpc) is 2.62. The second kappa shape index (κ2) is 8.91. The Hall–Kier alpha value is -2.83. The van der Waals surface area contributed by atoms with Crippen LogP contribution in [0.3, 0.4) is 0 Å². The van der Waals surface area contributed by atoms with Gasteiger partial charge in [0.2, 0.25) is 11.8 Å². The second-order valence-electron chi connectivity index (χ2n) is 6.45. The Balaban J connectivity index is 2.16. The number of carbonyl (C=O) groups is 2. The highest BCUT2D eigenvalue weighted by atomic mass is 19.4. The molecule has 0 radical (unpaired) electrons. The number of amides is 2. The number of alkyl halides is 3. The van der Waals surface area contributed by atoms with E-state index in [0.29, 0.717) is 6.42 Å². The van der Waals surface area contributed by atoms with Gasteiger partial charge in [-0.15, -0.1) is 0 Å². The number of aryl methyl sites for hydroxylation is 2. The lowest BCUT2D eigenvalue weighted by atomic mass is 10.0. The van der Waals surface area contributed by atoms with Crippen molar-refractivity contribution in [1.29, 1.82) is 0 Å². The molecule has 0 fully saturated rings. The molecule has 0 aliphatic carbocycles. The summed E-state index contributed by atoms with van der Waals surface area (Å²) in [5, 5.41) is 2.31. The molecule has 0 unspecified atom stereocenters. The number of halogens is 3. The molecule has 1 N–H and O–H groups in total. The van der Waals surface area contributed by atoms with Gasteiger partial charge in [-0.2, -0.15) is 13.2 Å². The van der Waals surface area contributed by atoms with E-state index in [2.05, 4.69) is 5.32 Å². The van der Waals surface area contributed by atoms with Crippen molar-refractivity contribution in [2.24, 2.45) is 0 Å². The van der Waals surface area contributed by atoms with Crippen molar-refractivity contribution in [2.75, 3.05) is 16.8 Å². The fraction of sp³-hybridized carbons (Fsp3) is 0.333. The molecule has 2 aromatic rings. The molecule has 150 valence electrons. The number of rotatable bonds is 6. The average molecular weight is 392 g/mol. The Labute approximate surface area is 162 Å². The van der Waals surface area contributed by atoms with Crippen molar-refractivity contribution in [3.8, 4) is 0 Å². The fourth-order valence-electron chi connectivity index (χ4n) is 3.08. The van der Waals surface area contributed by atoms with Crippen LogP contribution in [0.15, 0.2) is 42.5 Å². The summed E-state index contributed by atoms with van der Waals surface area (Å²) in [7, 11) is 0. The minimum Gasteiger partial charge on any atom is -0.325 e. The van der Waals surface area contributed by atoms with Crippen LogP contribution < -0.4 is 10.2 Å². The summed E-state index contributed by atoms with van der Waals surface area (Å²) in [5.41, 5.74) is 1.43. The molecule has 0 atom stereocenters. The van der Waals surface area contributed by atoms with Crippen LogP contribution in [0.25, 0.3) is 0 Å². The SMILES string of the molecule is CCc1cccc(C)c1N(CCC(=O)Nc1ccccc1C(F)(F)F)C(C)=O. The van der Waals surface area contributed by atoms with E-state index >= 15 is 0 Å². The zero-order chi connectivity index (χ0) is 20.9. The van der Waals surface area contributed by atoms with Gasteiger partial charge in [0.1, 0.15) is 0 Å². The molecule has 28 heavy (non-hydrogen) atoms. The van der Waals surface area contributed by atoms with E-state index < -0.39 is 17.6 Å². The Kier molecular flexibility index (Phi) is 6.83. The predicted molar refractivity (Wildman–Crippen MR) is 103 cm³/mol. The molecule has 0 spiro atoms. The molecule has 0 saturated heterocycles. The summed E-state index contributed by atoms with van der Waals surface area (Å²) in [6, 6.07) is 10.5. The maximum atomic E-state index is 13.1. The van der Waals surface area contributed by atoms with Gasteiger partial charge in [-0.1, -0.05) is 37.3 Å². The van der Waals surface area contributed by atoms with Crippen LogP contribution in [-0.4, -0.2) is 18.4 Å². The molecular formula is C21H23F3N2O2. The van der Waals surface area contributed by atoms with Crippen molar-refractivity contribution in [3.05, 3.63) is 59.2 Å². The van der Waals surface area contributed by atoms with Crippen molar-refractivity contribution in [1.82, 2.24) is 0 Å². The first-order chi connectivity index (χ1) is 13.1. The minimum absolute atomic E-state index is 0.0766. The zero-order valence-corrected chi connectivity index (χ0v) is 16.1. The number of hydrogen-bond donors (Lipinski definition) is 1. The Morgan fingerprint density at radius 3 is 2.36 bits per heavy atom. The molecule has 2 amide bonds. The Morgan fingerprint density at radius 2 is 1.75 bits per heavy atom. The molecule has 0 aliphatic heterocycles. The molecular weight excluding hydrogens is 369 g/mol. The lowest BCUT2D eigenvalue weighted by Gasteiger charge is -2.25. The van der Waals surface area contributed by atoms with E-state index in [1.54, 1.807) is 0 Å². The maximum Gasteiger partial charge on any atom is 0.418 e. The Bertz CT molecular complexity index is 863. The number of nitrogens with one attached hydrogen (secondary N) is 1. The van der Waals surface area contributed by atoms with Crippen molar-refractivity contribution in [2.45, 2.75) is 39.8 Å². The predicted octanol–water partition coefficient (Wildman–Crippen LogP) is 4.96. The van der Waals surface area contributed by atoms with E-state index in [1.165, 1.54) is 30.0 Å². The summed E-state index contributed by atoms with van der Waals surface area (Å²) < 4.78 is 39.2. The van der Waals surface area contributed by atoms with E-state index in [0.717, 1.165) is 22.9 Å². The standard InChI is InChI=1S/C21H23F3N2O2/c1-4-16-9-7-8-14(2)20(16)26(15(3)27)13-12-19(28)25-18-11-6-5-10-17(18)21(22,23)24/h5-11H,4,12-13H2,1-3H3,(H,25,28). The van der Waals surface area contributed by atoms with Crippen LogP contribution in [0.4, 0.5) is 24.5 Å². The highest BCUT2D eigenvalue weighted by Gasteiger charge is 2.33. The van der Waals surface area contributed by atoms with E-state index in [1.807, 2.05) is 32.0 Å². The first kappa shape index (κ1) is 21.5. The largest absolute Gasteiger partial charge is 0.418 e. The fourth-order valence-corrected chi connectivity index (χ4v) is 3.08. The van der Waals surface area contributed by atoms with Crippen LogP contribution >= 0.6 is 0 Å². The van der Waals surface area contributed by atoms with Gasteiger partial charge in [0.05, 0.1) is 11.3 Å². The summed E-state index contributed by atoms with van der Waals surface area (Å²) >= 11 is 0. The van der Waals surface area contributed by atoms with E-state index in [9.17, 15) is 22.8 Å². The molecule has 0 saturated carbocycles. The topological polar surface area (TPSA) is 49.4 Å². The highest BCUT2D eigenvalue weighted by molar-refractivity contribution is 5.96. The van der Waals surface area contributed by atoms with Gasteiger partial charge in [-0.25, -0.2) is 0 Å². The first-order valence-electron chi connectivity index (χ1n) is 8.97. The van der Waals surface area contributed by atoms with Crippen LogP contribution in [0.1, 0.15) is 37.0 Å². The van der Waals surface area contributed by atoms with Crippen molar-refractivity contribution < 1.29 is 22.8 Å². The van der Waals surface area contributed by atoms with Crippen LogP contribution in [0, 0.1) is 6.92 Å². The third-order valence-corrected chi connectivity index (χ3v) is 4.42. The quantitative estimate of drug-likeness (QED) is 0.756. The zero-order valence-electron chi connectivity index (χ0n) is 16.1. The van der Waals surface area contributed by atoms with Gasteiger partial charge in [-0.3, -0.25) is 9.59 Å². The molecule has 2 aromatic carbocycles. The molecule has 0 heterocycles. The molecule has 0 aromatic heterocycles. The third-order valence-electron chi connectivity index (χ3n) is 4.42. The summed E-state index contributed by atoms with van der Waals surface area (Å²) in [4.78, 5) is 25.9. The van der Waals surface area contributed by atoms with E-state index in [-0.39, 0.29) is 24.6 Å². The number of nitrogens with zero attached hydrogens (tertiary/aromatic N) is 1. The van der Waals surface area contributed by atoms with Gasteiger partial charge >= 0.3 is 6.18 Å². The molecule has 2 rings (SSSR count). The number of hydrogen-bond acceptors (Lipinski definition) is 2. The van der Waals surface area contributed by atoms with Gasteiger partial charge in [0, 0.05) is 25.6 Å². The van der Waals surface area contributed by atoms with E-state index in [4.69, 9.17) is 0 Å². The normalized spacial score (nSPS) is 11.2. The number of anilines is 2. The summed E-state index contributed by atoms with van der Waals surface area (Å²) in [6.07, 6.45) is -3.97. The van der Waals surface area contributed by atoms with Gasteiger partial charge < -0.3 is 10.2 Å². The second-order valence-corrected chi connectivity index (χ2v) is 6.45. The summed E-state index contributed by atoms with van der Waals surface area (Å²) in [5.74, 6) is -0.818. The first-order valence-corrected chi connectivity index (χ1v) is 8.97. The van der Waals surface area contributed by atoms with Gasteiger partial charge in [0.15, 0.2) is 0 Å². The number of carbonyl (C=O) groups excluding carboxylic acids is 2. The van der Waals surface area contributed by atoms with Crippen LogP contribution in [-0.2, 0) is 22.2 Å². The third kappa shape index (κ3) is 5.12.